The smallest absolute Gasteiger partial charge is 0.259 e. The van der Waals surface area contributed by atoms with Gasteiger partial charge in [-0.15, -0.1) is 0 Å². The lowest BCUT2D eigenvalue weighted by Gasteiger charge is -2.40. The minimum Gasteiger partial charge on any atom is -0.298 e. The minimum atomic E-state index is 0.0498. The molecule has 1 aromatic heterocycles. The fourth-order valence-corrected chi connectivity index (χ4v) is 2.68. The van der Waals surface area contributed by atoms with E-state index in [4.69, 9.17) is 0 Å². The first-order valence-electron chi connectivity index (χ1n) is 7.63. The molecule has 5 nitrogen and oxygen atoms in total. The van der Waals surface area contributed by atoms with Crippen LogP contribution in [0.25, 0.3) is 0 Å². The molecule has 5 heteroatoms. The minimum absolute atomic E-state index is 0.0498. The van der Waals surface area contributed by atoms with Crippen LogP contribution in [0.4, 0.5) is 11.6 Å². The summed E-state index contributed by atoms with van der Waals surface area (Å²) < 4.78 is 1.78. The highest BCUT2D eigenvalue weighted by Gasteiger charge is 2.28. The second-order valence-electron chi connectivity index (χ2n) is 6.08. The molecule has 22 heavy (non-hydrogen) atoms. The van der Waals surface area contributed by atoms with Crippen molar-refractivity contribution in [3.8, 4) is 0 Å². The first kappa shape index (κ1) is 14.8. The molecule has 0 atom stereocenters. The van der Waals surface area contributed by atoms with Crippen LogP contribution in [0, 0.1) is 13.8 Å². The number of hydrogen-bond donors (Lipinski definition) is 0. The van der Waals surface area contributed by atoms with E-state index in [0.717, 1.165) is 29.6 Å². The van der Waals surface area contributed by atoms with Crippen LogP contribution in [0.2, 0.25) is 0 Å². The zero-order chi connectivity index (χ0) is 15.9. The van der Waals surface area contributed by atoms with E-state index in [-0.39, 0.29) is 5.56 Å². The first-order chi connectivity index (χ1) is 10.5. The van der Waals surface area contributed by atoms with E-state index < -0.39 is 0 Å². The van der Waals surface area contributed by atoms with Crippen molar-refractivity contribution in [3.05, 3.63) is 51.9 Å². The maximum atomic E-state index is 12.6. The average molecular weight is 298 g/mol. The Morgan fingerprint density at radius 2 is 1.77 bits per heavy atom. The second-order valence-corrected chi connectivity index (χ2v) is 6.08. The van der Waals surface area contributed by atoms with Gasteiger partial charge in [-0.05, 0) is 39.8 Å². The van der Waals surface area contributed by atoms with Crippen LogP contribution >= 0.6 is 0 Å². The number of aromatic nitrogens is 2. The summed E-state index contributed by atoms with van der Waals surface area (Å²) in [6.07, 6.45) is 0. The highest BCUT2D eigenvalue weighted by atomic mass is 16.1. The van der Waals surface area contributed by atoms with Crippen LogP contribution in [0.3, 0.4) is 0 Å². The van der Waals surface area contributed by atoms with E-state index in [2.05, 4.69) is 40.8 Å². The SMILES string of the molecule is Cc1nc2n(c(=O)c1C)CN(C(C)C)CN2c1ccccc1. The standard InChI is InChI=1S/C17H22N4O/c1-12(2)19-10-20(15-8-6-5-7-9-15)17-18-14(4)13(3)16(22)21(17)11-19/h5-9,12H,10-11H2,1-4H3. The van der Waals surface area contributed by atoms with Crippen molar-refractivity contribution >= 4 is 11.6 Å². The van der Waals surface area contributed by atoms with Crippen LogP contribution < -0.4 is 10.5 Å². The molecule has 0 aliphatic carbocycles. The summed E-state index contributed by atoms with van der Waals surface area (Å²) in [4.78, 5) is 21.7. The third-order valence-corrected chi connectivity index (χ3v) is 4.30. The number of nitrogens with zero attached hydrogens (tertiary/aromatic N) is 4. The lowest BCUT2D eigenvalue weighted by Crippen LogP contribution is -2.50. The number of fused-ring (bicyclic) bond motifs is 1. The van der Waals surface area contributed by atoms with E-state index in [1.165, 1.54) is 0 Å². The molecule has 1 aromatic carbocycles. The summed E-state index contributed by atoms with van der Waals surface area (Å²) >= 11 is 0. The summed E-state index contributed by atoms with van der Waals surface area (Å²) in [5.41, 5.74) is 2.63. The molecule has 0 fully saturated rings. The zero-order valence-electron chi connectivity index (χ0n) is 13.6. The molecule has 0 amide bonds. The molecule has 0 radical (unpaired) electrons. The van der Waals surface area contributed by atoms with Crippen molar-refractivity contribution in [1.82, 2.24) is 14.5 Å². The molecule has 1 aliphatic heterocycles. The normalized spacial score (nSPS) is 15.2. The highest BCUT2D eigenvalue weighted by Crippen LogP contribution is 2.27. The van der Waals surface area contributed by atoms with Crippen LogP contribution in [-0.2, 0) is 6.67 Å². The zero-order valence-corrected chi connectivity index (χ0v) is 13.6. The Kier molecular flexibility index (Phi) is 3.74. The highest BCUT2D eigenvalue weighted by molar-refractivity contribution is 5.58. The summed E-state index contributed by atoms with van der Waals surface area (Å²) in [5, 5.41) is 0. The van der Waals surface area contributed by atoms with E-state index >= 15 is 0 Å². The molecule has 2 heterocycles. The number of para-hydroxylation sites is 1. The monoisotopic (exact) mass is 298 g/mol. The predicted octanol–water partition coefficient (Wildman–Crippen LogP) is 2.64. The van der Waals surface area contributed by atoms with E-state index in [1.807, 2.05) is 32.0 Å². The Balaban J connectivity index is 2.18. The predicted molar refractivity (Wildman–Crippen MR) is 88.4 cm³/mol. The third kappa shape index (κ3) is 2.41. The van der Waals surface area contributed by atoms with Gasteiger partial charge in [0, 0.05) is 23.0 Å². The molecule has 0 saturated heterocycles. The van der Waals surface area contributed by atoms with Crippen molar-refractivity contribution in [2.75, 3.05) is 11.6 Å². The molecule has 116 valence electrons. The lowest BCUT2D eigenvalue weighted by molar-refractivity contribution is 0.156. The van der Waals surface area contributed by atoms with Gasteiger partial charge in [-0.2, -0.15) is 0 Å². The number of hydrogen-bond acceptors (Lipinski definition) is 4. The Labute approximate surface area is 130 Å². The van der Waals surface area contributed by atoms with Gasteiger partial charge in [0.15, 0.2) is 0 Å². The van der Waals surface area contributed by atoms with E-state index in [9.17, 15) is 4.79 Å². The summed E-state index contributed by atoms with van der Waals surface area (Å²) in [7, 11) is 0. The molecule has 2 aromatic rings. The van der Waals surface area contributed by atoms with Crippen LogP contribution in [0.5, 0.6) is 0 Å². The fourth-order valence-electron chi connectivity index (χ4n) is 2.68. The average Bonchev–Trinajstić information content (AvgIpc) is 2.53. The molecule has 0 spiro atoms. The fraction of sp³-hybridized carbons (Fsp3) is 0.412. The molecular formula is C17H22N4O. The van der Waals surface area contributed by atoms with E-state index in [1.54, 1.807) is 4.57 Å². The summed E-state index contributed by atoms with van der Waals surface area (Å²) in [5.74, 6) is 0.733. The topological polar surface area (TPSA) is 41.4 Å². The van der Waals surface area contributed by atoms with Gasteiger partial charge in [0.2, 0.25) is 5.95 Å². The van der Waals surface area contributed by atoms with Crippen molar-refractivity contribution < 1.29 is 0 Å². The van der Waals surface area contributed by atoms with Crippen LogP contribution in [0.1, 0.15) is 25.1 Å². The van der Waals surface area contributed by atoms with Crippen LogP contribution in [-0.4, -0.2) is 27.2 Å². The van der Waals surface area contributed by atoms with Crippen molar-refractivity contribution in [2.45, 2.75) is 40.4 Å². The summed E-state index contributed by atoms with van der Waals surface area (Å²) in [6.45, 7) is 9.36. The van der Waals surface area contributed by atoms with Gasteiger partial charge >= 0.3 is 0 Å². The lowest BCUT2D eigenvalue weighted by atomic mass is 10.2. The van der Waals surface area contributed by atoms with Crippen molar-refractivity contribution in [2.24, 2.45) is 0 Å². The molecule has 0 bridgehead atoms. The van der Waals surface area contributed by atoms with Gasteiger partial charge in [0.1, 0.15) is 0 Å². The van der Waals surface area contributed by atoms with E-state index in [0.29, 0.717) is 12.7 Å². The number of rotatable bonds is 2. The Morgan fingerprint density at radius 1 is 1.09 bits per heavy atom. The van der Waals surface area contributed by atoms with Crippen molar-refractivity contribution in [1.29, 1.82) is 0 Å². The Bertz CT molecular complexity index is 736. The first-order valence-corrected chi connectivity index (χ1v) is 7.63. The molecular weight excluding hydrogens is 276 g/mol. The van der Waals surface area contributed by atoms with Gasteiger partial charge in [-0.1, -0.05) is 18.2 Å². The Morgan fingerprint density at radius 3 is 2.41 bits per heavy atom. The molecule has 1 aliphatic rings. The Hall–Kier alpha value is -2.14. The van der Waals surface area contributed by atoms with Crippen LogP contribution in [0.15, 0.2) is 35.1 Å². The summed E-state index contributed by atoms with van der Waals surface area (Å²) in [6, 6.07) is 10.5. The van der Waals surface area contributed by atoms with Gasteiger partial charge < -0.3 is 0 Å². The molecule has 3 rings (SSSR count). The maximum absolute atomic E-state index is 12.6. The molecule has 0 N–H and O–H groups in total. The van der Waals surface area contributed by atoms with Gasteiger partial charge in [0.25, 0.3) is 5.56 Å². The second kappa shape index (κ2) is 5.57. The van der Waals surface area contributed by atoms with Gasteiger partial charge in [-0.3, -0.25) is 19.2 Å². The largest absolute Gasteiger partial charge is 0.298 e. The van der Waals surface area contributed by atoms with Gasteiger partial charge in [-0.25, -0.2) is 4.98 Å². The number of benzene rings is 1. The molecule has 0 saturated carbocycles. The third-order valence-electron chi connectivity index (χ3n) is 4.30. The maximum Gasteiger partial charge on any atom is 0.259 e. The number of anilines is 2. The number of aryl methyl sites for hydroxylation is 1. The molecule has 0 unspecified atom stereocenters. The van der Waals surface area contributed by atoms with Gasteiger partial charge in [0.05, 0.1) is 13.3 Å². The van der Waals surface area contributed by atoms with Crippen molar-refractivity contribution in [3.63, 3.8) is 0 Å². The quantitative estimate of drug-likeness (QED) is 0.854.